The highest BCUT2D eigenvalue weighted by Gasteiger charge is 2.06. The zero-order valence-electron chi connectivity index (χ0n) is 8.71. The average molecular weight is 391 g/mol. The molecule has 0 saturated carbocycles. The molecule has 0 aliphatic heterocycles. The molecule has 0 bridgehead atoms. The first-order valence-corrected chi connectivity index (χ1v) is 7.78. The minimum atomic E-state index is 0. The Bertz CT molecular complexity index is 219. The molecule has 0 fully saturated rings. The summed E-state index contributed by atoms with van der Waals surface area (Å²) in [7, 11) is 6.60. The Balaban J connectivity index is 0. The summed E-state index contributed by atoms with van der Waals surface area (Å²) in [5.41, 5.74) is 1.40. The standard InChI is InChI=1S/C10H16N.Br2.BrH/c1-11(2,3)9-10-7-5-4-6-8-10;1-2;/h4-8H,9H2,1-3H3;;1H/q+1;;. The Morgan fingerprint density at radius 1 is 1.00 bits per heavy atom. The van der Waals surface area contributed by atoms with Gasteiger partial charge in [-0.2, -0.15) is 0 Å². The summed E-state index contributed by atoms with van der Waals surface area (Å²) in [4.78, 5) is 0. The maximum Gasteiger partial charge on any atom is 0.104 e. The van der Waals surface area contributed by atoms with Crippen LogP contribution in [0.3, 0.4) is 0 Å². The van der Waals surface area contributed by atoms with Crippen molar-refractivity contribution in [3.8, 4) is 0 Å². The molecule has 0 N–H and O–H groups in total. The fourth-order valence-electron chi connectivity index (χ4n) is 1.13. The summed E-state index contributed by atoms with van der Waals surface area (Å²) in [6.07, 6.45) is 0. The summed E-state index contributed by atoms with van der Waals surface area (Å²) in [6.45, 7) is 1.10. The molecule has 1 aromatic carbocycles. The van der Waals surface area contributed by atoms with Gasteiger partial charge in [-0.25, -0.2) is 0 Å². The lowest BCUT2D eigenvalue weighted by molar-refractivity contribution is -0.884. The first-order chi connectivity index (χ1) is 6.08. The topological polar surface area (TPSA) is 0 Å². The minimum absolute atomic E-state index is 0. The second-order valence-electron chi connectivity index (χ2n) is 3.93. The van der Waals surface area contributed by atoms with Crippen molar-refractivity contribution in [2.45, 2.75) is 6.54 Å². The molecule has 0 saturated heterocycles. The number of benzene rings is 1. The molecule has 0 radical (unpaired) electrons. The predicted molar refractivity (Wildman–Crippen MR) is 76.4 cm³/mol. The Morgan fingerprint density at radius 3 is 1.79 bits per heavy atom. The zero-order valence-corrected chi connectivity index (χ0v) is 13.6. The normalized spacial score (nSPS) is 9.50. The summed E-state index contributed by atoms with van der Waals surface area (Å²) in [5.74, 6) is 0. The van der Waals surface area contributed by atoms with E-state index in [1.807, 2.05) is 0 Å². The molecule has 0 heterocycles. The van der Waals surface area contributed by atoms with Gasteiger partial charge in [-0.15, -0.1) is 17.0 Å². The van der Waals surface area contributed by atoms with E-state index in [0.717, 1.165) is 11.0 Å². The van der Waals surface area contributed by atoms with E-state index >= 15 is 0 Å². The quantitative estimate of drug-likeness (QED) is 0.665. The second kappa shape index (κ2) is 8.89. The molecule has 0 amide bonds. The summed E-state index contributed by atoms with van der Waals surface area (Å²) < 4.78 is 0.990. The van der Waals surface area contributed by atoms with Crippen molar-refractivity contribution in [1.82, 2.24) is 0 Å². The minimum Gasteiger partial charge on any atom is -0.327 e. The van der Waals surface area contributed by atoms with Crippen molar-refractivity contribution in [2.75, 3.05) is 21.1 Å². The fraction of sp³-hybridized carbons (Fsp3) is 0.400. The number of quaternary nitrogens is 1. The lowest BCUT2D eigenvalue weighted by Crippen LogP contribution is -2.33. The average Bonchev–Trinajstić information content (AvgIpc) is 2.07. The van der Waals surface area contributed by atoms with E-state index < -0.39 is 0 Å². The second-order valence-corrected chi connectivity index (χ2v) is 3.93. The van der Waals surface area contributed by atoms with E-state index in [9.17, 15) is 0 Å². The summed E-state index contributed by atoms with van der Waals surface area (Å²) in [5, 5.41) is 0. The molecule has 1 aromatic rings. The van der Waals surface area contributed by atoms with Crippen LogP contribution in [0.2, 0.25) is 0 Å². The lowest BCUT2D eigenvalue weighted by atomic mass is 10.2. The Morgan fingerprint density at radius 2 is 1.43 bits per heavy atom. The molecule has 82 valence electrons. The monoisotopic (exact) mass is 388 g/mol. The van der Waals surface area contributed by atoms with Gasteiger partial charge >= 0.3 is 0 Å². The molecule has 1 rings (SSSR count). The molecule has 0 aliphatic rings. The van der Waals surface area contributed by atoms with Gasteiger partial charge in [0.1, 0.15) is 6.54 Å². The third-order valence-corrected chi connectivity index (χ3v) is 1.50. The molecule has 4 heteroatoms. The molecular formula is C10H17Br3N+. The van der Waals surface area contributed by atoms with Gasteiger partial charge in [0.25, 0.3) is 0 Å². The maximum atomic E-state index is 2.75. The van der Waals surface area contributed by atoms with Gasteiger partial charge in [-0.1, -0.05) is 30.3 Å². The van der Waals surface area contributed by atoms with E-state index in [-0.39, 0.29) is 17.0 Å². The summed E-state index contributed by atoms with van der Waals surface area (Å²) >= 11 is 5.50. The van der Waals surface area contributed by atoms with Gasteiger partial charge in [0, 0.05) is 33.8 Å². The zero-order chi connectivity index (χ0) is 10.3. The summed E-state index contributed by atoms with van der Waals surface area (Å²) in [6, 6.07) is 10.6. The maximum absolute atomic E-state index is 2.75. The van der Waals surface area contributed by atoms with Gasteiger partial charge < -0.3 is 4.48 Å². The van der Waals surface area contributed by atoms with Gasteiger partial charge in [0.2, 0.25) is 0 Å². The SMILES string of the molecule is Br.BrBr.C[N+](C)(C)Cc1ccccc1. The molecule has 0 aromatic heterocycles. The van der Waals surface area contributed by atoms with Crippen LogP contribution in [0, 0.1) is 0 Å². The van der Waals surface area contributed by atoms with E-state index in [1.165, 1.54) is 5.56 Å². The third-order valence-electron chi connectivity index (χ3n) is 1.50. The van der Waals surface area contributed by atoms with Crippen LogP contribution in [0.25, 0.3) is 0 Å². The van der Waals surface area contributed by atoms with E-state index in [4.69, 9.17) is 0 Å². The van der Waals surface area contributed by atoms with Crippen molar-refractivity contribution < 1.29 is 4.48 Å². The van der Waals surface area contributed by atoms with E-state index in [0.29, 0.717) is 0 Å². The van der Waals surface area contributed by atoms with E-state index in [2.05, 4.69) is 79.7 Å². The van der Waals surface area contributed by atoms with Gasteiger partial charge in [-0.3, -0.25) is 0 Å². The van der Waals surface area contributed by atoms with Crippen LogP contribution in [0.5, 0.6) is 0 Å². The van der Waals surface area contributed by atoms with Gasteiger partial charge in [0.05, 0.1) is 21.1 Å². The van der Waals surface area contributed by atoms with Crippen LogP contribution >= 0.6 is 45.2 Å². The van der Waals surface area contributed by atoms with Crippen LogP contribution in [-0.2, 0) is 6.54 Å². The first kappa shape index (κ1) is 17.0. The molecular weight excluding hydrogens is 374 g/mol. The predicted octanol–water partition coefficient (Wildman–Crippen LogP) is 4.16. The highest BCUT2D eigenvalue weighted by Crippen LogP contribution is 2.05. The molecule has 0 aliphatic carbocycles. The molecule has 0 atom stereocenters. The smallest absolute Gasteiger partial charge is 0.104 e. The number of hydrogen-bond acceptors (Lipinski definition) is 0. The highest BCUT2D eigenvalue weighted by atomic mass is 80.9. The van der Waals surface area contributed by atoms with Crippen molar-refractivity contribution >= 4 is 45.2 Å². The largest absolute Gasteiger partial charge is 0.327 e. The number of nitrogens with zero attached hydrogens (tertiary/aromatic N) is 1. The number of halogens is 3. The Hall–Kier alpha value is 0.620. The third kappa shape index (κ3) is 9.19. The number of rotatable bonds is 2. The van der Waals surface area contributed by atoms with Gasteiger partial charge in [-0.05, 0) is 0 Å². The van der Waals surface area contributed by atoms with E-state index in [1.54, 1.807) is 0 Å². The van der Waals surface area contributed by atoms with Gasteiger partial charge in [0.15, 0.2) is 0 Å². The first-order valence-electron chi connectivity index (χ1n) is 4.06. The fourth-order valence-corrected chi connectivity index (χ4v) is 1.13. The van der Waals surface area contributed by atoms with Crippen molar-refractivity contribution in [2.24, 2.45) is 0 Å². The van der Waals surface area contributed by atoms with Crippen molar-refractivity contribution in [3.05, 3.63) is 35.9 Å². The molecule has 14 heavy (non-hydrogen) atoms. The van der Waals surface area contributed by atoms with Crippen LogP contribution in [0.1, 0.15) is 5.56 Å². The molecule has 0 unspecified atom stereocenters. The lowest BCUT2D eigenvalue weighted by Gasteiger charge is -2.23. The Labute approximate surface area is 113 Å². The number of hydrogen-bond donors (Lipinski definition) is 0. The highest BCUT2D eigenvalue weighted by molar-refractivity contribution is 9.93. The molecule has 0 spiro atoms. The van der Waals surface area contributed by atoms with Crippen molar-refractivity contribution in [3.63, 3.8) is 0 Å². The molecule has 1 nitrogen and oxygen atoms in total. The van der Waals surface area contributed by atoms with Crippen LogP contribution in [0.4, 0.5) is 0 Å². The van der Waals surface area contributed by atoms with Crippen molar-refractivity contribution in [1.29, 1.82) is 0 Å². The van der Waals surface area contributed by atoms with Crippen LogP contribution in [0.15, 0.2) is 30.3 Å². The van der Waals surface area contributed by atoms with Crippen LogP contribution < -0.4 is 0 Å². The van der Waals surface area contributed by atoms with Crippen LogP contribution in [-0.4, -0.2) is 25.6 Å². The Kier molecular flexibility index (Phi) is 10.8.